The van der Waals surface area contributed by atoms with Crippen LogP contribution in [0.25, 0.3) is 5.70 Å². The van der Waals surface area contributed by atoms with Crippen molar-refractivity contribution < 1.29 is 4.74 Å². The Bertz CT molecular complexity index is 1360. The van der Waals surface area contributed by atoms with Crippen LogP contribution in [0.5, 0.6) is 5.75 Å². The molecule has 5 nitrogen and oxygen atoms in total. The number of nitrogens with zero attached hydrogens (tertiary/aromatic N) is 3. The molecule has 2 unspecified atom stereocenters. The van der Waals surface area contributed by atoms with Crippen LogP contribution in [0.15, 0.2) is 78.6 Å². The van der Waals surface area contributed by atoms with E-state index in [1.807, 2.05) is 47.1 Å². The second kappa shape index (κ2) is 7.40. The molecule has 2 aliphatic rings. The number of benzene rings is 3. The van der Waals surface area contributed by atoms with Gasteiger partial charge in [-0.3, -0.25) is 0 Å². The molecule has 7 heteroatoms. The summed E-state index contributed by atoms with van der Waals surface area (Å²) in [5.41, 5.74) is 6.20. The third kappa shape index (κ3) is 3.08. The first-order chi connectivity index (χ1) is 15.6. The minimum Gasteiger partial charge on any atom is -0.480 e. The number of anilines is 1. The molecule has 3 aromatic carbocycles. The number of aryl methyl sites for hydroxylation is 1. The Morgan fingerprint density at radius 2 is 1.62 bits per heavy atom. The molecule has 2 atom stereocenters. The predicted molar refractivity (Wildman–Crippen MR) is 126 cm³/mol. The van der Waals surface area contributed by atoms with Gasteiger partial charge in [-0.05, 0) is 48.4 Å². The summed E-state index contributed by atoms with van der Waals surface area (Å²) < 4.78 is 8.50. The van der Waals surface area contributed by atoms with Crippen LogP contribution in [0.3, 0.4) is 0 Å². The zero-order valence-corrected chi connectivity index (χ0v) is 18.6. The molecule has 0 aliphatic carbocycles. The SMILES string of the molecule is Cc1ccc(C2C3=C(Nc4ncnn42)c2cc(Cl)ccc2OC3c2ccc(Cl)cc2)cc1. The van der Waals surface area contributed by atoms with Crippen molar-refractivity contribution in [1.82, 2.24) is 14.8 Å². The lowest BCUT2D eigenvalue weighted by Gasteiger charge is -2.39. The summed E-state index contributed by atoms with van der Waals surface area (Å²) in [6.45, 7) is 2.08. The molecule has 0 amide bonds. The second-order valence-electron chi connectivity index (χ2n) is 7.99. The summed E-state index contributed by atoms with van der Waals surface area (Å²) in [6, 6.07) is 21.7. The van der Waals surface area contributed by atoms with Crippen molar-refractivity contribution in [1.29, 1.82) is 0 Å². The highest BCUT2D eigenvalue weighted by Gasteiger charge is 2.40. The van der Waals surface area contributed by atoms with Crippen LogP contribution in [0.2, 0.25) is 10.0 Å². The van der Waals surface area contributed by atoms with Gasteiger partial charge in [0.1, 0.15) is 24.2 Å². The van der Waals surface area contributed by atoms with Crippen molar-refractivity contribution >= 4 is 34.8 Å². The van der Waals surface area contributed by atoms with Gasteiger partial charge in [0.15, 0.2) is 0 Å². The third-order valence-corrected chi connectivity index (χ3v) is 6.43. The third-order valence-electron chi connectivity index (χ3n) is 5.94. The van der Waals surface area contributed by atoms with Gasteiger partial charge in [-0.2, -0.15) is 10.1 Å². The fourth-order valence-corrected chi connectivity index (χ4v) is 4.72. The van der Waals surface area contributed by atoms with Crippen molar-refractivity contribution in [3.8, 4) is 5.75 Å². The molecule has 1 N–H and O–H groups in total. The smallest absolute Gasteiger partial charge is 0.226 e. The maximum atomic E-state index is 6.59. The van der Waals surface area contributed by atoms with Crippen LogP contribution in [0.1, 0.15) is 34.4 Å². The first-order valence-electron chi connectivity index (χ1n) is 10.3. The van der Waals surface area contributed by atoms with E-state index < -0.39 is 0 Å². The summed E-state index contributed by atoms with van der Waals surface area (Å²) in [6.07, 6.45) is 1.23. The Kier molecular flexibility index (Phi) is 4.49. The van der Waals surface area contributed by atoms with Gasteiger partial charge in [0.2, 0.25) is 5.95 Å². The molecule has 3 heterocycles. The van der Waals surface area contributed by atoms with Crippen LogP contribution >= 0.6 is 23.2 Å². The highest BCUT2D eigenvalue weighted by molar-refractivity contribution is 6.31. The van der Waals surface area contributed by atoms with Gasteiger partial charge in [-0.15, -0.1) is 0 Å². The van der Waals surface area contributed by atoms with Gasteiger partial charge in [0.25, 0.3) is 0 Å². The van der Waals surface area contributed by atoms with Gasteiger partial charge in [-0.1, -0.05) is 65.2 Å². The largest absolute Gasteiger partial charge is 0.480 e. The lowest BCUT2D eigenvalue weighted by Crippen LogP contribution is -2.32. The summed E-state index contributed by atoms with van der Waals surface area (Å²) in [4.78, 5) is 4.46. The molecule has 1 aromatic heterocycles. The molecule has 0 saturated heterocycles. The molecule has 4 aromatic rings. The maximum Gasteiger partial charge on any atom is 0.226 e. The molecule has 2 aliphatic heterocycles. The number of fused-ring (bicyclic) bond motifs is 3. The molecule has 0 fully saturated rings. The van der Waals surface area contributed by atoms with E-state index in [-0.39, 0.29) is 12.1 Å². The number of hydrogen-bond acceptors (Lipinski definition) is 4. The van der Waals surface area contributed by atoms with Gasteiger partial charge in [0.05, 0.1) is 5.70 Å². The minimum absolute atomic E-state index is 0.197. The van der Waals surface area contributed by atoms with E-state index in [1.165, 1.54) is 5.56 Å². The van der Waals surface area contributed by atoms with E-state index in [4.69, 9.17) is 27.9 Å². The molecular formula is C25H18Cl2N4O. The summed E-state index contributed by atoms with van der Waals surface area (Å²) >= 11 is 12.6. The molecule has 0 spiro atoms. The van der Waals surface area contributed by atoms with E-state index in [9.17, 15) is 0 Å². The van der Waals surface area contributed by atoms with Crippen LogP contribution < -0.4 is 10.1 Å². The van der Waals surface area contributed by atoms with E-state index in [0.717, 1.165) is 33.7 Å². The second-order valence-corrected chi connectivity index (χ2v) is 8.86. The lowest BCUT2D eigenvalue weighted by atomic mass is 9.84. The zero-order chi connectivity index (χ0) is 21.8. The Balaban J connectivity index is 1.63. The molecule has 6 rings (SSSR count). The van der Waals surface area contributed by atoms with E-state index in [1.54, 1.807) is 6.33 Å². The Hall–Kier alpha value is -3.28. The predicted octanol–water partition coefficient (Wildman–Crippen LogP) is 6.45. The quantitative estimate of drug-likeness (QED) is 0.373. The number of ether oxygens (including phenoxy) is 1. The van der Waals surface area contributed by atoms with Crippen LogP contribution in [-0.4, -0.2) is 14.8 Å². The number of rotatable bonds is 2. The van der Waals surface area contributed by atoms with Gasteiger partial charge < -0.3 is 10.1 Å². The van der Waals surface area contributed by atoms with Gasteiger partial charge in [0, 0.05) is 21.2 Å². The Morgan fingerprint density at radius 3 is 2.41 bits per heavy atom. The average molecular weight is 461 g/mol. The van der Waals surface area contributed by atoms with Crippen LogP contribution in [0, 0.1) is 6.92 Å². The van der Waals surface area contributed by atoms with Crippen LogP contribution in [0.4, 0.5) is 5.95 Å². The van der Waals surface area contributed by atoms with Crippen molar-refractivity contribution in [2.75, 3.05) is 5.32 Å². The minimum atomic E-state index is -0.341. The first-order valence-corrected chi connectivity index (χ1v) is 11.0. The normalized spacial score (nSPS) is 18.8. The van der Waals surface area contributed by atoms with E-state index >= 15 is 0 Å². The Morgan fingerprint density at radius 1 is 0.906 bits per heavy atom. The number of halogens is 2. The van der Waals surface area contributed by atoms with Crippen LogP contribution in [-0.2, 0) is 0 Å². The fourth-order valence-electron chi connectivity index (χ4n) is 4.42. The molecule has 0 bridgehead atoms. The van der Waals surface area contributed by atoms with Gasteiger partial charge in [-0.25, -0.2) is 4.68 Å². The number of nitrogens with one attached hydrogen (secondary N) is 1. The zero-order valence-electron chi connectivity index (χ0n) is 17.1. The monoisotopic (exact) mass is 460 g/mol. The van der Waals surface area contributed by atoms with Crippen molar-refractivity contribution in [2.45, 2.75) is 19.1 Å². The maximum absolute atomic E-state index is 6.59. The topological polar surface area (TPSA) is 52.0 Å². The highest BCUT2D eigenvalue weighted by atomic mass is 35.5. The molecule has 32 heavy (non-hydrogen) atoms. The van der Waals surface area contributed by atoms with Crippen molar-refractivity contribution in [2.24, 2.45) is 0 Å². The van der Waals surface area contributed by atoms with E-state index in [2.05, 4.69) is 46.6 Å². The fraction of sp³-hybridized carbons (Fsp3) is 0.120. The summed E-state index contributed by atoms with van der Waals surface area (Å²) in [5.74, 6) is 1.44. The molecule has 0 radical (unpaired) electrons. The highest BCUT2D eigenvalue weighted by Crippen LogP contribution is 2.51. The molecular weight excluding hydrogens is 443 g/mol. The molecule has 0 saturated carbocycles. The van der Waals surface area contributed by atoms with E-state index in [0.29, 0.717) is 16.0 Å². The lowest BCUT2D eigenvalue weighted by molar-refractivity contribution is 0.223. The van der Waals surface area contributed by atoms with Crippen molar-refractivity contribution in [3.05, 3.63) is 111 Å². The van der Waals surface area contributed by atoms with Crippen molar-refractivity contribution in [3.63, 3.8) is 0 Å². The average Bonchev–Trinajstić information content (AvgIpc) is 3.27. The summed E-state index contributed by atoms with van der Waals surface area (Å²) in [7, 11) is 0. The standard InChI is InChI=1S/C25H18Cl2N4O/c1-14-2-4-15(5-3-14)23-21-22(30-25-28-13-29-31(23)25)19-12-18(27)10-11-20(19)32-24(21)16-6-8-17(26)9-7-16/h2-13,23-24H,1H3,(H,28,29,30). The first kappa shape index (κ1) is 19.4. The van der Waals surface area contributed by atoms with Gasteiger partial charge >= 0.3 is 0 Å². The number of aromatic nitrogens is 3. The Labute approximate surface area is 195 Å². The molecule has 158 valence electrons. The number of hydrogen-bond donors (Lipinski definition) is 1. The summed E-state index contributed by atoms with van der Waals surface area (Å²) in [5, 5.41) is 9.36.